The summed E-state index contributed by atoms with van der Waals surface area (Å²) in [6, 6.07) is 9.52. The van der Waals surface area contributed by atoms with Crippen molar-refractivity contribution in [1.82, 2.24) is 5.32 Å². The zero-order valence-electron chi connectivity index (χ0n) is 27.1. The number of hydrogen-bond donors (Lipinski definition) is 1. The van der Waals surface area contributed by atoms with E-state index in [1.807, 2.05) is 12.1 Å². The number of ether oxygens (including phenoxy) is 1. The molecule has 1 amide bonds. The van der Waals surface area contributed by atoms with Gasteiger partial charge in [0.1, 0.15) is 6.04 Å². The summed E-state index contributed by atoms with van der Waals surface area (Å²) in [5, 5.41) is 2.59. The molecule has 0 spiro atoms. The van der Waals surface area contributed by atoms with E-state index in [1.165, 1.54) is 6.92 Å². The minimum atomic E-state index is -0.630. The second kappa shape index (κ2) is 25.8. The van der Waals surface area contributed by atoms with Crippen LogP contribution in [0.15, 0.2) is 24.3 Å². The summed E-state index contributed by atoms with van der Waals surface area (Å²) in [5.41, 5.74) is 6.34. The van der Waals surface area contributed by atoms with Crippen LogP contribution < -0.4 is 5.32 Å². The van der Waals surface area contributed by atoms with Gasteiger partial charge in [0, 0.05) is 6.92 Å². The first-order chi connectivity index (χ1) is 18.1. The molecule has 1 N–H and O–H groups in total. The van der Waals surface area contributed by atoms with E-state index in [0.717, 1.165) is 39.5 Å². The standard InChI is InChI=1S/C13H16NO3.2C9H21P.BrH.Pd/c1-3-17-13(16)12(14-10(2)15)9-11-7-5-4-6-8-11;2*1-7(2)10(8(3)4)9(5)6;;/h5-8,12H,3,9H2,1-2H3,(H,14,15);2*7-9H,1-6H3;1H;/q-1;;;;+2/p-1. The molecule has 0 aliphatic carbocycles. The van der Waals surface area contributed by atoms with Gasteiger partial charge in [-0.05, 0) is 47.3 Å². The molecule has 0 aliphatic heterocycles. The Kier molecular flexibility index (Phi) is 28.9. The molecule has 4 nitrogen and oxygen atoms in total. The van der Waals surface area contributed by atoms with Crippen LogP contribution in [0.1, 0.15) is 102 Å². The van der Waals surface area contributed by atoms with Crippen molar-refractivity contribution >= 4 is 41.1 Å². The van der Waals surface area contributed by atoms with Crippen LogP contribution in [0.2, 0.25) is 0 Å². The first-order valence-electron chi connectivity index (χ1n) is 14.1. The third-order valence-corrected chi connectivity index (χ3v) is 12.9. The van der Waals surface area contributed by atoms with Crippen molar-refractivity contribution in [3.05, 3.63) is 35.9 Å². The monoisotopic (exact) mass is 739 g/mol. The summed E-state index contributed by atoms with van der Waals surface area (Å²) in [5.74, 6) is -0.652. The van der Waals surface area contributed by atoms with E-state index in [9.17, 15) is 9.59 Å². The van der Waals surface area contributed by atoms with Gasteiger partial charge >= 0.3 is 36.6 Å². The Morgan fingerprint density at radius 1 is 0.795 bits per heavy atom. The van der Waals surface area contributed by atoms with Crippen molar-refractivity contribution in [3.63, 3.8) is 0 Å². The first-order valence-corrected chi connectivity index (χ1v) is 20.8. The van der Waals surface area contributed by atoms with Crippen LogP contribution in [-0.2, 0) is 37.9 Å². The number of benzene rings is 1. The van der Waals surface area contributed by atoms with Crippen molar-refractivity contribution in [3.8, 4) is 0 Å². The van der Waals surface area contributed by atoms with E-state index in [2.05, 4.69) is 125 Å². The van der Waals surface area contributed by atoms with Crippen LogP contribution in [0.25, 0.3) is 0 Å². The van der Waals surface area contributed by atoms with E-state index < -0.39 is 12.0 Å². The molecule has 0 bridgehead atoms. The number of carbonyl (C=O) groups is 2. The maximum absolute atomic E-state index is 11.6. The average Bonchev–Trinajstić information content (AvgIpc) is 2.79. The number of amides is 1. The molecular formula is C31H58BrNO3P2Pd. The topological polar surface area (TPSA) is 55.4 Å². The van der Waals surface area contributed by atoms with Crippen LogP contribution in [0.5, 0.6) is 0 Å². The molecule has 0 aromatic heterocycles. The van der Waals surface area contributed by atoms with Gasteiger partial charge in [-0.25, -0.2) is 4.79 Å². The Morgan fingerprint density at radius 2 is 1.13 bits per heavy atom. The molecule has 1 aromatic rings. The Hall–Kier alpha value is 0.162. The summed E-state index contributed by atoms with van der Waals surface area (Å²) in [6.07, 6.45) is 0.424. The molecule has 1 unspecified atom stereocenters. The Balaban J connectivity index is -0.000000511. The van der Waals surface area contributed by atoms with Crippen molar-refractivity contribution in [2.24, 2.45) is 0 Å². The zero-order chi connectivity index (χ0) is 31.3. The van der Waals surface area contributed by atoms with Gasteiger partial charge in [-0.3, -0.25) is 4.79 Å². The van der Waals surface area contributed by atoms with Gasteiger partial charge in [0.2, 0.25) is 5.91 Å². The second-order valence-electron chi connectivity index (χ2n) is 11.1. The average molecular weight is 741 g/mol. The fourth-order valence-corrected chi connectivity index (χ4v) is 12.2. The molecular weight excluding hydrogens is 683 g/mol. The van der Waals surface area contributed by atoms with Crippen LogP contribution in [0, 0.1) is 6.07 Å². The molecule has 1 aromatic carbocycles. The van der Waals surface area contributed by atoms with Crippen molar-refractivity contribution in [2.45, 2.75) is 143 Å². The van der Waals surface area contributed by atoms with Gasteiger partial charge in [-0.1, -0.05) is 98.9 Å². The third kappa shape index (κ3) is 22.4. The van der Waals surface area contributed by atoms with E-state index in [1.54, 1.807) is 19.1 Å². The zero-order valence-corrected chi connectivity index (χ0v) is 32.0. The first kappa shape index (κ1) is 43.6. The van der Waals surface area contributed by atoms with Crippen molar-refractivity contribution < 1.29 is 31.5 Å². The minimum absolute atomic E-state index is 0.245. The number of nitrogens with one attached hydrogen (secondary N) is 1. The number of rotatable bonds is 11. The molecule has 0 radical (unpaired) electrons. The van der Waals surface area contributed by atoms with Crippen LogP contribution in [0.3, 0.4) is 0 Å². The molecule has 39 heavy (non-hydrogen) atoms. The Labute approximate surface area is 262 Å². The van der Waals surface area contributed by atoms with Gasteiger partial charge in [0.05, 0.1) is 6.61 Å². The summed E-state index contributed by atoms with van der Waals surface area (Å²) in [4.78, 5) is 22.7. The molecule has 8 heteroatoms. The molecule has 0 fully saturated rings. The van der Waals surface area contributed by atoms with E-state index in [4.69, 9.17) is 4.74 Å². The predicted molar refractivity (Wildman–Crippen MR) is 177 cm³/mol. The van der Waals surface area contributed by atoms with Gasteiger partial charge in [-0.2, -0.15) is 35.9 Å². The Bertz CT molecular complexity index is 670. The van der Waals surface area contributed by atoms with Gasteiger partial charge < -0.3 is 10.1 Å². The SMILES string of the molecule is CC(C)P(C(C)C)C(C)C.CC(C)P(C(C)C)C(C)C.CCOC(=O)C(Cc1cc[c-]cc1)NC(C)=O.[Br][Pd+]. The van der Waals surface area contributed by atoms with Crippen LogP contribution >= 0.6 is 29.3 Å². The molecule has 0 saturated carbocycles. The number of halogens is 1. The van der Waals surface area contributed by atoms with Gasteiger partial charge in [0.15, 0.2) is 0 Å². The predicted octanol–water partition coefficient (Wildman–Crippen LogP) is 9.33. The third-order valence-electron chi connectivity index (χ3n) is 5.75. The molecule has 232 valence electrons. The molecule has 1 rings (SSSR count). The molecule has 1 atom stereocenters. The fraction of sp³-hybridized carbons (Fsp3) is 0.742. The van der Waals surface area contributed by atoms with Gasteiger partial charge in [-0.15, -0.1) is 0 Å². The summed E-state index contributed by atoms with van der Waals surface area (Å²) in [7, 11) is 0.525. The summed E-state index contributed by atoms with van der Waals surface area (Å²) < 4.78 is 4.92. The van der Waals surface area contributed by atoms with E-state index in [0.29, 0.717) is 13.0 Å². The van der Waals surface area contributed by atoms with Crippen molar-refractivity contribution in [2.75, 3.05) is 6.61 Å². The number of hydrogen-bond acceptors (Lipinski definition) is 3. The molecule has 0 heterocycles. The summed E-state index contributed by atoms with van der Waals surface area (Å²) >= 11 is 5.35. The van der Waals surface area contributed by atoms with Crippen LogP contribution in [0.4, 0.5) is 0 Å². The quantitative estimate of drug-likeness (QED) is 0.107. The maximum atomic E-state index is 11.6. The second-order valence-corrected chi connectivity index (χ2v) is 19.1. The Morgan fingerprint density at radius 3 is 1.36 bits per heavy atom. The fourth-order valence-electron chi connectivity index (χ4n) is 5.05. The van der Waals surface area contributed by atoms with Crippen molar-refractivity contribution in [1.29, 1.82) is 0 Å². The van der Waals surface area contributed by atoms with E-state index >= 15 is 0 Å². The van der Waals surface area contributed by atoms with Crippen LogP contribution in [-0.4, -0.2) is 58.5 Å². The molecule has 0 saturated heterocycles. The molecule has 0 aliphatic rings. The number of carbonyl (C=O) groups excluding carboxylic acids is 2. The summed E-state index contributed by atoms with van der Waals surface area (Å²) in [6.45, 7) is 31.7. The normalized spacial score (nSPS) is 11.7. The number of esters is 1. The van der Waals surface area contributed by atoms with E-state index in [-0.39, 0.29) is 21.8 Å². The van der Waals surface area contributed by atoms with Gasteiger partial charge in [0.25, 0.3) is 0 Å².